The molecule has 1 atom stereocenters. The highest BCUT2D eigenvalue weighted by Gasteiger charge is 2.44. The van der Waals surface area contributed by atoms with Crippen LogP contribution in [0.4, 0.5) is 0 Å². The van der Waals surface area contributed by atoms with Crippen LogP contribution in [0.15, 0.2) is 11.6 Å². The van der Waals surface area contributed by atoms with E-state index >= 15 is 0 Å². The second-order valence-corrected chi connectivity index (χ2v) is 4.85. The number of hydrogen-bond donors (Lipinski definition) is 1. The Balaban J connectivity index is 2.22. The highest BCUT2D eigenvalue weighted by molar-refractivity contribution is 7.09. The van der Waals surface area contributed by atoms with E-state index in [0.717, 1.165) is 5.01 Å². The fourth-order valence-electron chi connectivity index (χ4n) is 1.60. The third-order valence-electron chi connectivity index (χ3n) is 2.59. The van der Waals surface area contributed by atoms with Crippen LogP contribution in [0.3, 0.4) is 0 Å². The number of hydrogen-bond acceptors (Lipinski definition) is 4. The largest absolute Gasteiger partial charge is 0.328 e. The van der Waals surface area contributed by atoms with Gasteiger partial charge in [-0.05, 0) is 13.8 Å². The summed E-state index contributed by atoms with van der Waals surface area (Å²) in [5, 5.41) is 2.87. The van der Waals surface area contributed by atoms with Crippen LogP contribution >= 0.6 is 11.3 Å². The minimum atomic E-state index is -0.318. The molecule has 1 aliphatic heterocycles. The van der Waals surface area contributed by atoms with E-state index in [0.29, 0.717) is 6.54 Å². The van der Waals surface area contributed by atoms with E-state index < -0.39 is 0 Å². The Kier molecular flexibility index (Phi) is 2.08. The van der Waals surface area contributed by atoms with Gasteiger partial charge in [-0.15, -0.1) is 11.3 Å². The fraction of sp³-hybridized carbons (Fsp3) is 0.556. The van der Waals surface area contributed by atoms with Crippen molar-refractivity contribution >= 4 is 17.2 Å². The summed E-state index contributed by atoms with van der Waals surface area (Å²) in [6, 6.07) is -0.311. The first-order chi connectivity index (χ1) is 6.53. The van der Waals surface area contributed by atoms with E-state index in [1.165, 1.54) is 0 Å². The van der Waals surface area contributed by atoms with E-state index in [1.54, 1.807) is 22.4 Å². The molecular weight excluding hydrogens is 198 g/mol. The van der Waals surface area contributed by atoms with Gasteiger partial charge in [0.05, 0.1) is 5.54 Å². The lowest BCUT2D eigenvalue weighted by atomic mass is 9.96. The third-order valence-corrected chi connectivity index (χ3v) is 3.68. The van der Waals surface area contributed by atoms with Crippen molar-refractivity contribution in [2.75, 3.05) is 6.54 Å². The van der Waals surface area contributed by atoms with Crippen LogP contribution in [0.5, 0.6) is 0 Å². The number of amides is 1. The molecule has 1 fully saturated rings. The maximum absolute atomic E-state index is 11.5. The van der Waals surface area contributed by atoms with E-state index in [-0.39, 0.29) is 17.5 Å². The standard InChI is InChI=1S/C9H13N3OS/c1-9(2,8-11-3-4-14-8)12-5-6(10)7(12)13/h3-4,6H,5,10H2,1-2H3. The second kappa shape index (κ2) is 3.03. The predicted octanol–water partition coefficient (Wildman–Crippen LogP) is 0.548. The Bertz CT molecular complexity index is 347. The van der Waals surface area contributed by atoms with Crippen LogP contribution in [0.2, 0.25) is 0 Å². The van der Waals surface area contributed by atoms with E-state index in [9.17, 15) is 4.79 Å². The number of thiazole rings is 1. The lowest BCUT2D eigenvalue weighted by Crippen LogP contribution is -2.66. The van der Waals surface area contributed by atoms with Gasteiger partial charge in [0.15, 0.2) is 0 Å². The molecule has 0 radical (unpaired) electrons. The maximum atomic E-state index is 11.5. The minimum absolute atomic E-state index is 0.0187. The molecule has 0 spiro atoms. The Labute approximate surface area is 86.7 Å². The molecule has 1 aromatic heterocycles. The lowest BCUT2D eigenvalue weighted by Gasteiger charge is -2.46. The quantitative estimate of drug-likeness (QED) is 0.727. The summed E-state index contributed by atoms with van der Waals surface area (Å²) in [6.07, 6.45) is 1.76. The van der Waals surface area contributed by atoms with Crippen molar-refractivity contribution in [3.8, 4) is 0 Å². The summed E-state index contributed by atoms with van der Waals surface area (Å²) in [4.78, 5) is 17.5. The number of aromatic nitrogens is 1. The van der Waals surface area contributed by atoms with Gasteiger partial charge < -0.3 is 10.6 Å². The van der Waals surface area contributed by atoms with Gasteiger partial charge in [0, 0.05) is 18.1 Å². The van der Waals surface area contributed by atoms with Gasteiger partial charge in [-0.1, -0.05) is 0 Å². The van der Waals surface area contributed by atoms with Crippen LogP contribution in [0.1, 0.15) is 18.9 Å². The molecule has 1 aromatic rings. The van der Waals surface area contributed by atoms with Crippen LogP contribution in [-0.2, 0) is 10.3 Å². The highest BCUT2D eigenvalue weighted by Crippen LogP contribution is 2.33. The number of β-lactam (4-membered cyclic amide) rings is 1. The molecule has 2 rings (SSSR count). The smallest absolute Gasteiger partial charge is 0.242 e. The molecule has 4 nitrogen and oxygen atoms in total. The summed E-state index contributed by atoms with van der Waals surface area (Å²) in [6.45, 7) is 4.62. The SMILES string of the molecule is CC(C)(c1nccs1)N1CC(N)C1=O. The van der Waals surface area contributed by atoms with Gasteiger partial charge in [0.2, 0.25) is 5.91 Å². The van der Waals surface area contributed by atoms with Crippen molar-refractivity contribution in [3.05, 3.63) is 16.6 Å². The predicted molar refractivity (Wildman–Crippen MR) is 54.8 cm³/mol. The van der Waals surface area contributed by atoms with E-state index in [4.69, 9.17) is 5.73 Å². The molecule has 2 heterocycles. The average molecular weight is 211 g/mol. The Morgan fingerprint density at radius 2 is 2.43 bits per heavy atom. The van der Waals surface area contributed by atoms with Crippen molar-refractivity contribution in [1.82, 2.24) is 9.88 Å². The summed E-state index contributed by atoms with van der Waals surface area (Å²) in [5.41, 5.74) is 5.24. The van der Waals surface area contributed by atoms with Crippen LogP contribution in [0, 0.1) is 0 Å². The fourth-order valence-corrected chi connectivity index (χ4v) is 2.37. The van der Waals surface area contributed by atoms with Gasteiger partial charge in [0.25, 0.3) is 0 Å². The molecule has 1 unspecified atom stereocenters. The number of carbonyl (C=O) groups excluding carboxylic acids is 1. The highest BCUT2D eigenvalue weighted by atomic mass is 32.1. The molecule has 0 bridgehead atoms. The zero-order valence-electron chi connectivity index (χ0n) is 8.23. The van der Waals surface area contributed by atoms with Crippen molar-refractivity contribution in [1.29, 1.82) is 0 Å². The molecule has 76 valence electrons. The van der Waals surface area contributed by atoms with Crippen molar-refractivity contribution < 1.29 is 4.79 Å². The number of nitrogens with zero attached hydrogens (tertiary/aromatic N) is 2. The number of rotatable bonds is 2. The summed E-state index contributed by atoms with van der Waals surface area (Å²) in [5.74, 6) is 0.0187. The molecule has 0 aromatic carbocycles. The molecule has 5 heteroatoms. The number of likely N-dealkylation sites (tertiary alicyclic amines) is 1. The molecule has 2 N–H and O–H groups in total. The lowest BCUT2D eigenvalue weighted by molar-refractivity contribution is -0.150. The first kappa shape index (κ1) is 9.61. The molecule has 0 aliphatic carbocycles. The van der Waals surface area contributed by atoms with Gasteiger partial charge in [0.1, 0.15) is 11.0 Å². The maximum Gasteiger partial charge on any atom is 0.242 e. The van der Waals surface area contributed by atoms with Crippen LogP contribution in [0.25, 0.3) is 0 Å². The van der Waals surface area contributed by atoms with Crippen LogP contribution < -0.4 is 5.73 Å². The summed E-state index contributed by atoms with van der Waals surface area (Å²) < 4.78 is 0. The third kappa shape index (κ3) is 1.24. The average Bonchev–Trinajstić information content (AvgIpc) is 2.66. The molecule has 1 saturated heterocycles. The molecule has 1 amide bonds. The monoisotopic (exact) mass is 211 g/mol. The molecular formula is C9H13N3OS. The second-order valence-electron chi connectivity index (χ2n) is 3.95. The molecule has 14 heavy (non-hydrogen) atoms. The summed E-state index contributed by atoms with van der Waals surface area (Å²) >= 11 is 1.56. The van der Waals surface area contributed by atoms with Crippen molar-refractivity contribution in [2.24, 2.45) is 5.73 Å². The Morgan fingerprint density at radius 3 is 2.86 bits per heavy atom. The molecule has 1 aliphatic rings. The van der Waals surface area contributed by atoms with E-state index in [2.05, 4.69) is 4.98 Å². The van der Waals surface area contributed by atoms with Crippen molar-refractivity contribution in [3.63, 3.8) is 0 Å². The zero-order valence-corrected chi connectivity index (χ0v) is 9.04. The summed E-state index contributed by atoms with van der Waals surface area (Å²) in [7, 11) is 0. The first-order valence-corrected chi connectivity index (χ1v) is 5.38. The number of nitrogens with two attached hydrogens (primary N) is 1. The van der Waals surface area contributed by atoms with E-state index in [1.807, 2.05) is 19.2 Å². The van der Waals surface area contributed by atoms with Crippen molar-refractivity contribution in [2.45, 2.75) is 25.4 Å². The Morgan fingerprint density at radius 1 is 1.71 bits per heavy atom. The van der Waals surface area contributed by atoms with Crippen LogP contribution in [-0.4, -0.2) is 28.4 Å². The van der Waals surface area contributed by atoms with Gasteiger partial charge in [-0.2, -0.15) is 0 Å². The Hall–Kier alpha value is -0.940. The topological polar surface area (TPSA) is 59.2 Å². The number of carbonyl (C=O) groups is 1. The van der Waals surface area contributed by atoms with Gasteiger partial charge in [-0.3, -0.25) is 4.79 Å². The van der Waals surface area contributed by atoms with Gasteiger partial charge in [-0.25, -0.2) is 4.98 Å². The minimum Gasteiger partial charge on any atom is -0.328 e. The zero-order chi connectivity index (χ0) is 10.3. The molecule has 0 saturated carbocycles. The normalized spacial score (nSPS) is 22.4. The van der Waals surface area contributed by atoms with Gasteiger partial charge >= 0.3 is 0 Å². The first-order valence-electron chi connectivity index (χ1n) is 4.50.